The highest BCUT2D eigenvalue weighted by atomic mass is 16.2. The number of hydrogen-bond acceptors (Lipinski definition) is 4. The van der Waals surface area contributed by atoms with Crippen LogP contribution in [-0.4, -0.2) is 20.9 Å². The average molecular weight is 288 g/mol. The van der Waals surface area contributed by atoms with E-state index in [1.807, 2.05) is 37.0 Å². The van der Waals surface area contributed by atoms with E-state index in [9.17, 15) is 14.4 Å². The van der Waals surface area contributed by atoms with E-state index in [1.54, 1.807) is 0 Å². The SMILES string of the molecule is CCC(NC(=O)c1cc(=O)[nH]c(=O)[nH]1)c1cccc(C)n1. The lowest BCUT2D eigenvalue weighted by molar-refractivity contribution is 0.0929. The van der Waals surface area contributed by atoms with Gasteiger partial charge >= 0.3 is 5.69 Å². The number of pyridine rings is 1. The van der Waals surface area contributed by atoms with Gasteiger partial charge in [-0.05, 0) is 25.5 Å². The van der Waals surface area contributed by atoms with Crippen molar-refractivity contribution in [3.05, 3.63) is 62.2 Å². The first-order chi connectivity index (χ1) is 9.99. The molecule has 1 amide bonds. The molecule has 0 aliphatic rings. The van der Waals surface area contributed by atoms with Crippen molar-refractivity contribution < 1.29 is 4.79 Å². The van der Waals surface area contributed by atoms with Crippen LogP contribution in [0.5, 0.6) is 0 Å². The van der Waals surface area contributed by atoms with E-state index in [1.165, 1.54) is 0 Å². The second-order valence-electron chi connectivity index (χ2n) is 4.64. The third-order valence-electron chi connectivity index (χ3n) is 2.99. The van der Waals surface area contributed by atoms with E-state index < -0.39 is 17.2 Å². The number of aromatic amines is 2. The smallest absolute Gasteiger partial charge is 0.326 e. The molecule has 0 aliphatic carbocycles. The Labute approximate surface area is 120 Å². The zero-order valence-electron chi connectivity index (χ0n) is 11.8. The van der Waals surface area contributed by atoms with E-state index in [-0.39, 0.29) is 11.7 Å². The molecule has 3 N–H and O–H groups in total. The number of hydrogen-bond donors (Lipinski definition) is 3. The van der Waals surface area contributed by atoms with Gasteiger partial charge in [0.05, 0.1) is 11.7 Å². The standard InChI is InChI=1S/C14H16N4O3/c1-3-9(10-6-4-5-8(2)15-10)16-13(20)11-7-12(19)18-14(21)17-11/h4-7,9H,3H2,1-2H3,(H,16,20)(H2,17,18,19,21). The Morgan fingerprint density at radius 2 is 2.10 bits per heavy atom. The number of aryl methyl sites for hydroxylation is 1. The largest absolute Gasteiger partial charge is 0.342 e. The molecule has 110 valence electrons. The van der Waals surface area contributed by atoms with Crippen LogP contribution in [0.1, 0.15) is 41.3 Å². The molecule has 0 aliphatic heterocycles. The van der Waals surface area contributed by atoms with Crippen LogP contribution in [0.15, 0.2) is 33.9 Å². The molecular formula is C14H16N4O3. The number of rotatable bonds is 4. The highest BCUT2D eigenvalue weighted by molar-refractivity contribution is 5.92. The quantitative estimate of drug-likeness (QED) is 0.767. The highest BCUT2D eigenvalue weighted by Crippen LogP contribution is 2.14. The average Bonchev–Trinajstić information content (AvgIpc) is 2.43. The molecule has 1 atom stereocenters. The van der Waals surface area contributed by atoms with Crippen molar-refractivity contribution >= 4 is 5.91 Å². The minimum atomic E-state index is -0.714. The van der Waals surface area contributed by atoms with Gasteiger partial charge in [-0.3, -0.25) is 19.6 Å². The summed E-state index contributed by atoms with van der Waals surface area (Å²) in [7, 11) is 0. The Bertz CT molecular complexity index is 735. The lowest BCUT2D eigenvalue weighted by Gasteiger charge is -2.16. The third kappa shape index (κ3) is 3.65. The van der Waals surface area contributed by atoms with E-state index >= 15 is 0 Å². The predicted octanol–water partition coefficient (Wildman–Crippen LogP) is 0.648. The van der Waals surface area contributed by atoms with Crippen molar-refractivity contribution in [3.8, 4) is 0 Å². The molecule has 0 saturated heterocycles. The number of aromatic nitrogens is 3. The van der Waals surface area contributed by atoms with E-state index in [4.69, 9.17) is 0 Å². The Kier molecular flexibility index (Phi) is 4.32. The first-order valence-corrected chi connectivity index (χ1v) is 6.57. The Morgan fingerprint density at radius 1 is 1.33 bits per heavy atom. The maximum Gasteiger partial charge on any atom is 0.326 e. The molecule has 2 aromatic rings. The monoisotopic (exact) mass is 288 g/mol. The van der Waals surface area contributed by atoms with Crippen LogP contribution < -0.4 is 16.6 Å². The van der Waals surface area contributed by atoms with Gasteiger partial charge in [-0.15, -0.1) is 0 Å². The molecule has 2 aromatic heterocycles. The van der Waals surface area contributed by atoms with Gasteiger partial charge in [0, 0.05) is 11.8 Å². The summed E-state index contributed by atoms with van der Waals surface area (Å²) in [4.78, 5) is 43.2. The normalized spacial score (nSPS) is 11.9. The van der Waals surface area contributed by atoms with Gasteiger partial charge in [-0.2, -0.15) is 0 Å². The lowest BCUT2D eigenvalue weighted by atomic mass is 10.1. The van der Waals surface area contributed by atoms with Crippen molar-refractivity contribution in [2.75, 3.05) is 0 Å². The molecule has 0 bridgehead atoms. The van der Waals surface area contributed by atoms with Crippen LogP contribution in [0.2, 0.25) is 0 Å². The molecular weight excluding hydrogens is 272 g/mol. The molecule has 7 heteroatoms. The fourth-order valence-corrected chi connectivity index (χ4v) is 1.97. The van der Waals surface area contributed by atoms with Crippen molar-refractivity contribution in [2.45, 2.75) is 26.3 Å². The van der Waals surface area contributed by atoms with E-state index in [0.29, 0.717) is 6.42 Å². The van der Waals surface area contributed by atoms with Crippen LogP contribution >= 0.6 is 0 Å². The number of amides is 1. The molecule has 2 rings (SSSR count). The minimum Gasteiger partial charge on any atom is -0.342 e. The van der Waals surface area contributed by atoms with Crippen molar-refractivity contribution in [3.63, 3.8) is 0 Å². The first kappa shape index (κ1) is 14.7. The van der Waals surface area contributed by atoms with E-state index in [0.717, 1.165) is 17.5 Å². The molecule has 0 spiro atoms. The van der Waals surface area contributed by atoms with E-state index in [2.05, 4.69) is 15.3 Å². The van der Waals surface area contributed by atoms with Gasteiger partial charge in [0.25, 0.3) is 11.5 Å². The summed E-state index contributed by atoms with van der Waals surface area (Å²) in [6.45, 7) is 3.78. The lowest BCUT2D eigenvalue weighted by Crippen LogP contribution is -2.33. The first-order valence-electron chi connectivity index (χ1n) is 6.57. The Balaban J connectivity index is 2.24. The summed E-state index contributed by atoms with van der Waals surface area (Å²) in [5.41, 5.74) is 0.178. The molecule has 0 saturated carbocycles. The number of nitrogens with one attached hydrogen (secondary N) is 3. The third-order valence-corrected chi connectivity index (χ3v) is 2.99. The maximum atomic E-state index is 12.1. The number of carbonyl (C=O) groups is 1. The second kappa shape index (κ2) is 6.17. The maximum absolute atomic E-state index is 12.1. The fourth-order valence-electron chi connectivity index (χ4n) is 1.97. The second-order valence-corrected chi connectivity index (χ2v) is 4.64. The summed E-state index contributed by atoms with van der Waals surface area (Å²) in [5.74, 6) is -0.520. The topological polar surface area (TPSA) is 108 Å². The number of carbonyl (C=O) groups excluding carboxylic acids is 1. The minimum absolute atomic E-state index is 0.0742. The van der Waals surface area contributed by atoms with Gasteiger partial charge in [0.1, 0.15) is 5.69 Å². The fraction of sp³-hybridized carbons (Fsp3) is 0.286. The molecule has 2 heterocycles. The summed E-state index contributed by atoms with van der Waals surface area (Å²) in [6.07, 6.45) is 0.635. The van der Waals surface area contributed by atoms with Gasteiger partial charge in [-0.25, -0.2) is 4.79 Å². The summed E-state index contributed by atoms with van der Waals surface area (Å²) in [5, 5.41) is 2.76. The van der Waals surface area contributed by atoms with Crippen LogP contribution in [0.25, 0.3) is 0 Å². The van der Waals surface area contributed by atoms with Gasteiger partial charge in [0.2, 0.25) is 0 Å². The van der Waals surface area contributed by atoms with Crippen molar-refractivity contribution in [1.82, 2.24) is 20.3 Å². The zero-order chi connectivity index (χ0) is 15.4. The predicted molar refractivity (Wildman–Crippen MR) is 77.2 cm³/mol. The van der Waals surface area contributed by atoms with Crippen molar-refractivity contribution in [1.29, 1.82) is 0 Å². The molecule has 7 nitrogen and oxygen atoms in total. The van der Waals surface area contributed by atoms with Crippen LogP contribution in [0, 0.1) is 6.92 Å². The molecule has 0 fully saturated rings. The molecule has 21 heavy (non-hydrogen) atoms. The zero-order valence-corrected chi connectivity index (χ0v) is 11.8. The molecule has 0 aromatic carbocycles. The Morgan fingerprint density at radius 3 is 2.71 bits per heavy atom. The molecule has 0 radical (unpaired) electrons. The number of H-pyrrole nitrogens is 2. The Hall–Kier alpha value is -2.70. The van der Waals surface area contributed by atoms with Gasteiger partial charge < -0.3 is 10.3 Å². The summed E-state index contributed by atoms with van der Waals surface area (Å²) in [6, 6.07) is 6.31. The number of nitrogens with zero attached hydrogens (tertiary/aromatic N) is 1. The van der Waals surface area contributed by atoms with Gasteiger partial charge in [0.15, 0.2) is 0 Å². The molecule has 1 unspecified atom stereocenters. The summed E-state index contributed by atoms with van der Waals surface area (Å²) >= 11 is 0. The van der Waals surface area contributed by atoms with Crippen LogP contribution in [0.4, 0.5) is 0 Å². The van der Waals surface area contributed by atoms with Crippen molar-refractivity contribution in [2.24, 2.45) is 0 Å². The van der Waals surface area contributed by atoms with Crippen LogP contribution in [0.3, 0.4) is 0 Å². The van der Waals surface area contributed by atoms with Gasteiger partial charge in [-0.1, -0.05) is 13.0 Å². The summed E-state index contributed by atoms with van der Waals surface area (Å²) < 4.78 is 0. The highest BCUT2D eigenvalue weighted by Gasteiger charge is 2.16. The van der Waals surface area contributed by atoms with Crippen LogP contribution in [-0.2, 0) is 0 Å².